The molecule has 0 bridgehead atoms. The highest BCUT2D eigenvalue weighted by Crippen LogP contribution is 2.49. The fourth-order valence-electron chi connectivity index (χ4n) is 6.77. The van der Waals surface area contributed by atoms with E-state index in [1.807, 2.05) is 12.3 Å². The molecule has 0 spiro atoms. The summed E-state index contributed by atoms with van der Waals surface area (Å²) < 4.78 is 2.40. The van der Waals surface area contributed by atoms with E-state index < -0.39 is 0 Å². The van der Waals surface area contributed by atoms with E-state index in [0.29, 0.717) is 0 Å². The van der Waals surface area contributed by atoms with Crippen LogP contribution in [0.2, 0.25) is 0 Å². The van der Waals surface area contributed by atoms with E-state index in [4.69, 9.17) is 0 Å². The monoisotopic (exact) mass is 494 g/mol. The molecule has 0 atom stereocenters. The normalized spacial score (nSPS) is 12.1. The second kappa shape index (κ2) is 7.66. The Labute approximate surface area is 225 Å². The Balaban J connectivity index is 1.31. The lowest BCUT2D eigenvalue weighted by molar-refractivity contribution is 1.18. The molecular formula is C37H22N2. The molecule has 0 unspecified atom stereocenters. The van der Waals surface area contributed by atoms with E-state index in [-0.39, 0.29) is 0 Å². The summed E-state index contributed by atoms with van der Waals surface area (Å²) in [6.45, 7) is 0. The van der Waals surface area contributed by atoms with Gasteiger partial charge >= 0.3 is 0 Å². The molecule has 0 saturated carbocycles. The van der Waals surface area contributed by atoms with Crippen LogP contribution in [0.1, 0.15) is 0 Å². The molecule has 2 heteroatoms. The molecule has 0 aliphatic heterocycles. The molecular weight excluding hydrogens is 472 g/mol. The first-order valence-electron chi connectivity index (χ1n) is 13.4. The van der Waals surface area contributed by atoms with Crippen molar-refractivity contribution in [2.75, 3.05) is 0 Å². The van der Waals surface area contributed by atoms with Crippen molar-refractivity contribution in [3.05, 3.63) is 134 Å². The third kappa shape index (κ3) is 2.78. The van der Waals surface area contributed by atoms with Crippen molar-refractivity contribution < 1.29 is 0 Å². The molecule has 6 aromatic carbocycles. The molecule has 8 aromatic rings. The number of nitrogens with zero attached hydrogens (tertiary/aromatic N) is 2. The van der Waals surface area contributed by atoms with Crippen molar-refractivity contribution in [1.29, 1.82) is 0 Å². The number of rotatable bonds is 2. The van der Waals surface area contributed by atoms with Crippen LogP contribution < -0.4 is 0 Å². The van der Waals surface area contributed by atoms with Crippen LogP contribution in [0.4, 0.5) is 0 Å². The molecule has 0 N–H and O–H groups in total. The zero-order chi connectivity index (χ0) is 25.5. The number of benzene rings is 6. The zero-order valence-corrected chi connectivity index (χ0v) is 21.1. The SMILES string of the molecule is c1cc(-c2ccc3c4c(cccc24)-c2ccccc2-3)cc(-n2c3ccccc3c3c4cccnc4ccc32)c1. The molecule has 0 saturated heterocycles. The Morgan fingerprint density at radius 1 is 0.436 bits per heavy atom. The Morgan fingerprint density at radius 3 is 2.08 bits per heavy atom. The maximum absolute atomic E-state index is 4.63. The highest BCUT2D eigenvalue weighted by molar-refractivity contribution is 6.21. The van der Waals surface area contributed by atoms with Crippen LogP contribution in [-0.4, -0.2) is 9.55 Å². The minimum Gasteiger partial charge on any atom is -0.309 e. The molecule has 0 fully saturated rings. The van der Waals surface area contributed by atoms with Gasteiger partial charge in [-0.1, -0.05) is 91.0 Å². The van der Waals surface area contributed by atoms with Crippen LogP contribution in [0.25, 0.3) is 82.5 Å². The average Bonchev–Trinajstić information content (AvgIpc) is 3.52. The molecule has 2 heterocycles. The number of pyridine rings is 1. The minimum absolute atomic E-state index is 1.02. The van der Waals surface area contributed by atoms with Gasteiger partial charge in [0.15, 0.2) is 0 Å². The molecule has 1 aliphatic carbocycles. The summed E-state index contributed by atoms with van der Waals surface area (Å²) in [6.07, 6.45) is 1.87. The molecule has 0 amide bonds. The summed E-state index contributed by atoms with van der Waals surface area (Å²) in [6, 6.07) is 46.4. The van der Waals surface area contributed by atoms with Crippen LogP contribution >= 0.6 is 0 Å². The van der Waals surface area contributed by atoms with Gasteiger partial charge in [-0.3, -0.25) is 4.98 Å². The van der Waals surface area contributed by atoms with E-state index in [1.165, 1.54) is 71.3 Å². The molecule has 9 rings (SSSR count). The van der Waals surface area contributed by atoms with Gasteiger partial charge in [0.05, 0.1) is 16.6 Å². The number of hydrogen-bond donors (Lipinski definition) is 0. The fraction of sp³-hybridized carbons (Fsp3) is 0. The smallest absolute Gasteiger partial charge is 0.0709 e. The lowest BCUT2D eigenvalue weighted by Crippen LogP contribution is -1.94. The second-order valence-electron chi connectivity index (χ2n) is 10.4. The first-order chi connectivity index (χ1) is 19.4. The van der Waals surface area contributed by atoms with Crippen molar-refractivity contribution in [1.82, 2.24) is 9.55 Å². The molecule has 0 radical (unpaired) electrons. The van der Waals surface area contributed by atoms with Crippen LogP contribution in [0.3, 0.4) is 0 Å². The van der Waals surface area contributed by atoms with Gasteiger partial charge in [-0.15, -0.1) is 0 Å². The van der Waals surface area contributed by atoms with Gasteiger partial charge in [0.25, 0.3) is 0 Å². The van der Waals surface area contributed by atoms with Gasteiger partial charge in [-0.25, -0.2) is 0 Å². The Kier molecular flexibility index (Phi) is 4.08. The summed E-state index contributed by atoms with van der Waals surface area (Å²) in [5, 5.41) is 6.35. The molecule has 2 aromatic heterocycles. The Bertz CT molecular complexity index is 2260. The van der Waals surface area contributed by atoms with Crippen molar-refractivity contribution in [3.8, 4) is 39.1 Å². The number of para-hydroxylation sites is 1. The summed E-state index contributed by atoms with van der Waals surface area (Å²) in [7, 11) is 0. The minimum atomic E-state index is 1.02. The largest absolute Gasteiger partial charge is 0.309 e. The number of fused-ring (bicyclic) bond motifs is 8. The molecule has 180 valence electrons. The predicted octanol–water partition coefficient (Wildman–Crippen LogP) is 9.80. The topological polar surface area (TPSA) is 17.8 Å². The van der Waals surface area contributed by atoms with Crippen LogP contribution in [0, 0.1) is 0 Å². The highest BCUT2D eigenvalue weighted by Gasteiger charge is 2.22. The maximum atomic E-state index is 4.63. The second-order valence-corrected chi connectivity index (χ2v) is 10.4. The van der Waals surface area contributed by atoms with Crippen molar-refractivity contribution in [2.45, 2.75) is 0 Å². The maximum Gasteiger partial charge on any atom is 0.0709 e. The van der Waals surface area contributed by atoms with Crippen molar-refractivity contribution in [2.24, 2.45) is 0 Å². The molecule has 1 aliphatic rings. The van der Waals surface area contributed by atoms with E-state index >= 15 is 0 Å². The van der Waals surface area contributed by atoms with Gasteiger partial charge in [-0.05, 0) is 80.6 Å². The van der Waals surface area contributed by atoms with E-state index in [2.05, 4.69) is 131 Å². The third-order valence-electron chi connectivity index (χ3n) is 8.38. The summed E-state index contributed by atoms with van der Waals surface area (Å²) in [5.41, 5.74) is 12.4. The quantitative estimate of drug-likeness (QED) is 0.234. The predicted molar refractivity (Wildman–Crippen MR) is 163 cm³/mol. The van der Waals surface area contributed by atoms with Crippen LogP contribution in [0.15, 0.2) is 134 Å². The standard InChI is InChI=1S/C37H22N2/c1-2-11-27-26(10-1)29-14-6-13-28-25(17-18-30(27)36(28)29)23-8-5-9-24(22-23)39-34-16-4-3-12-32(34)37-31-15-7-21-38-33(31)19-20-35(37)39/h1-22H. The summed E-state index contributed by atoms with van der Waals surface area (Å²) >= 11 is 0. The van der Waals surface area contributed by atoms with Gasteiger partial charge < -0.3 is 4.57 Å². The van der Waals surface area contributed by atoms with Gasteiger partial charge in [-0.2, -0.15) is 0 Å². The molecule has 2 nitrogen and oxygen atoms in total. The summed E-state index contributed by atoms with van der Waals surface area (Å²) in [4.78, 5) is 4.63. The zero-order valence-electron chi connectivity index (χ0n) is 21.1. The van der Waals surface area contributed by atoms with Gasteiger partial charge in [0.1, 0.15) is 0 Å². The third-order valence-corrected chi connectivity index (χ3v) is 8.38. The first-order valence-corrected chi connectivity index (χ1v) is 13.4. The lowest BCUT2D eigenvalue weighted by Gasteiger charge is -2.13. The van der Waals surface area contributed by atoms with E-state index in [1.54, 1.807) is 0 Å². The van der Waals surface area contributed by atoms with E-state index in [9.17, 15) is 0 Å². The van der Waals surface area contributed by atoms with Gasteiger partial charge in [0.2, 0.25) is 0 Å². The average molecular weight is 495 g/mol. The number of hydrogen-bond acceptors (Lipinski definition) is 1. The fourth-order valence-corrected chi connectivity index (χ4v) is 6.77. The van der Waals surface area contributed by atoms with Crippen LogP contribution in [-0.2, 0) is 0 Å². The lowest BCUT2D eigenvalue weighted by atomic mass is 9.94. The van der Waals surface area contributed by atoms with Crippen molar-refractivity contribution >= 4 is 43.5 Å². The van der Waals surface area contributed by atoms with E-state index in [0.717, 1.165) is 11.2 Å². The Morgan fingerprint density at radius 2 is 1.15 bits per heavy atom. The molecule has 39 heavy (non-hydrogen) atoms. The number of aromatic nitrogens is 2. The van der Waals surface area contributed by atoms with Crippen molar-refractivity contribution in [3.63, 3.8) is 0 Å². The highest BCUT2D eigenvalue weighted by atomic mass is 15.0. The van der Waals surface area contributed by atoms with Gasteiger partial charge in [0, 0.05) is 28.0 Å². The first kappa shape index (κ1) is 20.8. The Hall–Kier alpha value is -5.21. The van der Waals surface area contributed by atoms with Crippen LogP contribution in [0.5, 0.6) is 0 Å². The summed E-state index contributed by atoms with van der Waals surface area (Å²) in [5.74, 6) is 0.